The average molecular weight is 315 g/mol. The van der Waals surface area contributed by atoms with Gasteiger partial charge in [-0.2, -0.15) is 5.10 Å². The minimum Gasteiger partial charge on any atom is -0.303 e. The molecule has 1 aliphatic carbocycles. The predicted molar refractivity (Wildman–Crippen MR) is 87.0 cm³/mol. The summed E-state index contributed by atoms with van der Waals surface area (Å²) in [5, 5.41) is 12.7. The number of aryl methyl sites for hydroxylation is 1. The Bertz CT molecular complexity index is 656. The quantitative estimate of drug-likeness (QED) is 0.820. The van der Waals surface area contributed by atoms with Crippen molar-refractivity contribution in [1.82, 2.24) is 34.6 Å². The molecule has 0 amide bonds. The van der Waals surface area contributed by atoms with Crippen LogP contribution in [-0.2, 0) is 13.6 Å². The van der Waals surface area contributed by atoms with E-state index in [1.807, 2.05) is 10.9 Å². The number of rotatable bonds is 5. The summed E-state index contributed by atoms with van der Waals surface area (Å²) in [6, 6.07) is 0.805. The van der Waals surface area contributed by atoms with E-state index in [-0.39, 0.29) is 0 Å². The van der Waals surface area contributed by atoms with Crippen molar-refractivity contribution in [2.24, 2.45) is 7.05 Å². The Hall–Kier alpha value is -1.73. The Labute approximate surface area is 136 Å². The van der Waals surface area contributed by atoms with Gasteiger partial charge in [0.25, 0.3) is 0 Å². The topological polar surface area (TPSA) is 55.0 Å². The summed E-state index contributed by atoms with van der Waals surface area (Å²) in [6.07, 6.45) is 8.45. The Morgan fingerprint density at radius 1 is 1.26 bits per heavy atom. The van der Waals surface area contributed by atoms with E-state index >= 15 is 0 Å². The number of likely N-dealkylation sites (N-methyl/N-ethyl adjacent to an activating group) is 1. The molecule has 0 bridgehead atoms. The normalized spacial score (nSPS) is 25.6. The van der Waals surface area contributed by atoms with Crippen LogP contribution in [0.5, 0.6) is 0 Å². The molecule has 23 heavy (non-hydrogen) atoms. The molecule has 0 spiro atoms. The first-order valence-electron chi connectivity index (χ1n) is 8.39. The molecule has 4 rings (SSSR count). The van der Waals surface area contributed by atoms with Gasteiger partial charge in [-0.25, -0.2) is 4.68 Å². The maximum Gasteiger partial charge on any atom is 0.0831 e. The van der Waals surface area contributed by atoms with E-state index in [0.717, 1.165) is 25.6 Å². The highest BCUT2D eigenvalue weighted by molar-refractivity contribution is 5.26. The second kappa shape index (κ2) is 5.72. The van der Waals surface area contributed by atoms with Gasteiger partial charge >= 0.3 is 0 Å². The first-order valence-corrected chi connectivity index (χ1v) is 8.39. The van der Waals surface area contributed by atoms with Gasteiger partial charge in [-0.3, -0.25) is 9.58 Å². The van der Waals surface area contributed by atoms with E-state index in [9.17, 15) is 0 Å². The lowest BCUT2D eigenvalue weighted by molar-refractivity contribution is 0.236. The molecule has 0 unspecified atom stereocenters. The number of aromatic nitrogens is 5. The van der Waals surface area contributed by atoms with Gasteiger partial charge in [0.2, 0.25) is 0 Å². The fourth-order valence-electron chi connectivity index (χ4n) is 3.76. The lowest BCUT2D eigenvalue weighted by Crippen LogP contribution is -2.36. The Morgan fingerprint density at radius 2 is 2.09 bits per heavy atom. The van der Waals surface area contributed by atoms with E-state index in [0.29, 0.717) is 12.1 Å². The lowest BCUT2D eigenvalue weighted by Gasteiger charge is -2.24. The summed E-state index contributed by atoms with van der Waals surface area (Å²) in [4.78, 5) is 4.83. The molecule has 1 aliphatic heterocycles. The average Bonchev–Trinajstić information content (AvgIpc) is 2.95. The summed E-state index contributed by atoms with van der Waals surface area (Å²) in [5.74, 6) is 0.747. The minimum atomic E-state index is 0.352. The maximum atomic E-state index is 4.49. The molecule has 2 atom stereocenters. The van der Waals surface area contributed by atoms with Crippen LogP contribution in [0.4, 0.5) is 0 Å². The van der Waals surface area contributed by atoms with E-state index in [4.69, 9.17) is 0 Å². The highest BCUT2D eigenvalue weighted by Crippen LogP contribution is 2.42. The molecule has 2 aromatic heterocycles. The van der Waals surface area contributed by atoms with Gasteiger partial charge in [-0.1, -0.05) is 5.21 Å². The zero-order valence-electron chi connectivity index (χ0n) is 14.1. The van der Waals surface area contributed by atoms with Gasteiger partial charge in [0.05, 0.1) is 24.1 Å². The summed E-state index contributed by atoms with van der Waals surface area (Å²) in [5.41, 5.74) is 2.84. The number of nitrogens with zero attached hydrogens (tertiary/aromatic N) is 7. The SMILES string of the molecule is CN(C)[C@@H]1CN(Cc2c(C3CC3)cnn2C)C[C@@H]1n1ccnn1. The summed E-state index contributed by atoms with van der Waals surface area (Å²) in [7, 11) is 6.37. The standard InChI is InChI=1S/C16H25N7/c1-20(2)15-10-22(11-16(15)23-7-6-17-19-23)9-14-13(12-4-5-12)8-18-21(14)3/h6-8,12,15-16H,4-5,9-11H2,1-3H3/t15-,16+/m1/s1. The van der Waals surface area contributed by atoms with Crippen LogP contribution in [0.1, 0.15) is 36.1 Å². The smallest absolute Gasteiger partial charge is 0.0831 e. The molecule has 0 aromatic carbocycles. The van der Waals surface area contributed by atoms with Crippen LogP contribution in [0.2, 0.25) is 0 Å². The van der Waals surface area contributed by atoms with Crippen LogP contribution in [0.15, 0.2) is 18.6 Å². The molecule has 0 N–H and O–H groups in total. The number of hydrogen-bond acceptors (Lipinski definition) is 5. The van der Waals surface area contributed by atoms with E-state index in [2.05, 4.69) is 57.2 Å². The van der Waals surface area contributed by atoms with Crippen molar-refractivity contribution in [2.75, 3.05) is 27.2 Å². The number of hydrogen-bond donors (Lipinski definition) is 0. The van der Waals surface area contributed by atoms with Crippen LogP contribution < -0.4 is 0 Å². The third kappa shape index (κ3) is 2.79. The van der Waals surface area contributed by atoms with Crippen molar-refractivity contribution in [1.29, 1.82) is 0 Å². The van der Waals surface area contributed by atoms with Crippen LogP contribution in [0, 0.1) is 0 Å². The Morgan fingerprint density at radius 3 is 2.74 bits per heavy atom. The molecule has 3 heterocycles. The zero-order valence-corrected chi connectivity index (χ0v) is 14.1. The second-order valence-electron chi connectivity index (χ2n) is 7.12. The van der Waals surface area contributed by atoms with Crippen molar-refractivity contribution in [2.45, 2.75) is 37.4 Å². The van der Waals surface area contributed by atoms with Crippen LogP contribution in [-0.4, -0.2) is 67.8 Å². The molecule has 2 aliphatic rings. The molecular formula is C16H25N7. The summed E-state index contributed by atoms with van der Waals surface area (Å²) >= 11 is 0. The van der Waals surface area contributed by atoms with Crippen molar-refractivity contribution < 1.29 is 0 Å². The molecule has 2 fully saturated rings. The van der Waals surface area contributed by atoms with Crippen LogP contribution >= 0.6 is 0 Å². The van der Waals surface area contributed by atoms with Crippen molar-refractivity contribution in [3.63, 3.8) is 0 Å². The fraction of sp³-hybridized carbons (Fsp3) is 0.688. The van der Waals surface area contributed by atoms with Crippen LogP contribution in [0.3, 0.4) is 0 Å². The Kier molecular flexibility index (Phi) is 3.69. The highest BCUT2D eigenvalue weighted by atomic mass is 15.5. The molecule has 7 nitrogen and oxygen atoms in total. The molecule has 1 saturated carbocycles. The number of likely N-dealkylation sites (tertiary alicyclic amines) is 1. The predicted octanol–water partition coefficient (Wildman–Crippen LogP) is 0.876. The lowest BCUT2D eigenvalue weighted by atomic mass is 10.1. The third-order valence-corrected chi connectivity index (χ3v) is 5.26. The highest BCUT2D eigenvalue weighted by Gasteiger charge is 2.37. The Balaban J connectivity index is 1.53. The first-order chi connectivity index (χ1) is 11.1. The first kappa shape index (κ1) is 14.8. The molecule has 7 heteroatoms. The zero-order chi connectivity index (χ0) is 16.0. The second-order valence-corrected chi connectivity index (χ2v) is 7.12. The van der Waals surface area contributed by atoms with E-state index in [1.165, 1.54) is 24.1 Å². The van der Waals surface area contributed by atoms with E-state index < -0.39 is 0 Å². The van der Waals surface area contributed by atoms with E-state index in [1.54, 1.807) is 6.20 Å². The minimum absolute atomic E-state index is 0.352. The maximum absolute atomic E-state index is 4.49. The van der Waals surface area contributed by atoms with Gasteiger partial charge in [0.15, 0.2) is 0 Å². The molecular weight excluding hydrogens is 290 g/mol. The molecule has 1 saturated heterocycles. The monoisotopic (exact) mass is 315 g/mol. The fourth-order valence-corrected chi connectivity index (χ4v) is 3.76. The van der Waals surface area contributed by atoms with Gasteiger partial charge < -0.3 is 4.90 Å². The summed E-state index contributed by atoms with van der Waals surface area (Å²) in [6.45, 7) is 3.02. The van der Waals surface area contributed by atoms with Gasteiger partial charge in [-0.05, 0) is 38.4 Å². The third-order valence-electron chi connectivity index (χ3n) is 5.26. The molecule has 2 aromatic rings. The molecule has 0 radical (unpaired) electrons. The van der Waals surface area contributed by atoms with Crippen molar-refractivity contribution in [3.8, 4) is 0 Å². The molecule has 124 valence electrons. The van der Waals surface area contributed by atoms with Crippen LogP contribution in [0.25, 0.3) is 0 Å². The van der Waals surface area contributed by atoms with Crippen molar-refractivity contribution >= 4 is 0 Å². The van der Waals surface area contributed by atoms with Crippen molar-refractivity contribution in [3.05, 3.63) is 29.8 Å². The van der Waals surface area contributed by atoms with Gasteiger partial charge in [-0.15, -0.1) is 5.10 Å². The summed E-state index contributed by atoms with van der Waals surface area (Å²) < 4.78 is 4.07. The largest absolute Gasteiger partial charge is 0.303 e. The van der Waals surface area contributed by atoms with Gasteiger partial charge in [0, 0.05) is 38.9 Å². The van der Waals surface area contributed by atoms with Gasteiger partial charge in [0.1, 0.15) is 0 Å².